The number of pyridine rings is 1. The van der Waals surface area contributed by atoms with Gasteiger partial charge in [-0.2, -0.15) is 0 Å². The van der Waals surface area contributed by atoms with Crippen molar-refractivity contribution in [3.63, 3.8) is 0 Å². The molecule has 27 heavy (non-hydrogen) atoms. The molecule has 0 spiro atoms. The number of alkyl carbamates (subject to hydrolysis) is 1. The lowest BCUT2D eigenvalue weighted by Crippen LogP contribution is -2.12. The SMILES string of the molecule is Fc1ccccc1C#Cc1ccccn1.O=C1NC[C@H](c2ccccc2)O1. The van der Waals surface area contributed by atoms with Crippen molar-refractivity contribution in [3.05, 3.63) is 102 Å². The molecule has 1 N–H and O–H groups in total. The predicted molar refractivity (Wildman–Crippen MR) is 100 cm³/mol. The molecule has 0 aliphatic carbocycles. The average molecular weight is 360 g/mol. The number of nitrogens with one attached hydrogen (secondary N) is 1. The zero-order valence-corrected chi connectivity index (χ0v) is 14.4. The van der Waals surface area contributed by atoms with E-state index in [0.717, 1.165) is 5.56 Å². The Morgan fingerprint density at radius 2 is 1.70 bits per heavy atom. The van der Waals surface area contributed by atoms with E-state index in [-0.39, 0.29) is 18.0 Å². The molecule has 0 radical (unpaired) electrons. The van der Waals surface area contributed by atoms with Crippen molar-refractivity contribution < 1.29 is 13.9 Å². The van der Waals surface area contributed by atoms with Crippen molar-refractivity contribution in [2.45, 2.75) is 6.10 Å². The van der Waals surface area contributed by atoms with Gasteiger partial charge in [0.1, 0.15) is 17.6 Å². The van der Waals surface area contributed by atoms with Gasteiger partial charge in [0.25, 0.3) is 0 Å². The first-order valence-corrected chi connectivity index (χ1v) is 8.39. The highest BCUT2D eigenvalue weighted by Gasteiger charge is 2.23. The largest absolute Gasteiger partial charge is 0.439 e. The summed E-state index contributed by atoms with van der Waals surface area (Å²) in [6.45, 7) is 0.572. The van der Waals surface area contributed by atoms with Crippen LogP contribution >= 0.6 is 0 Å². The molecule has 1 aromatic heterocycles. The van der Waals surface area contributed by atoms with Crippen LogP contribution in [0.3, 0.4) is 0 Å². The van der Waals surface area contributed by atoms with E-state index >= 15 is 0 Å². The molecule has 5 heteroatoms. The molecule has 1 fully saturated rings. The normalized spacial score (nSPS) is 14.7. The Balaban J connectivity index is 0.000000159. The summed E-state index contributed by atoms with van der Waals surface area (Å²) in [5, 5.41) is 2.61. The predicted octanol–water partition coefficient (Wildman–Crippen LogP) is 4.09. The molecule has 0 bridgehead atoms. The van der Waals surface area contributed by atoms with Crippen LogP contribution in [0.15, 0.2) is 79.0 Å². The number of hydrogen-bond donors (Lipinski definition) is 1. The zero-order chi connectivity index (χ0) is 18.9. The van der Waals surface area contributed by atoms with Gasteiger partial charge in [0.15, 0.2) is 0 Å². The summed E-state index contributed by atoms with van der Waals surface area (Å²) in [5.41, 5.74) is 2.07. The van der Waals surface area contributed by atoms with Crippen LogP contribution in [0.4, 0.5) is 9.18 Å². The third-order valence-electron chi connectivity index (χ3n) is 3.72. The number of halogens is 1. The third kappa shape index (κ3) is 5.41. The molecule has 134 valence electrons. The maximum absolute atomic E-state index is 13.2. The van der Waals surface area contributed by atoms with E-state index in [2.05, 4.69) is 22.1 Å². The zero-order valence-electron chi connectivity index (χ0n) is 14.4. The van der Waals surface area contributed by atoms with Crippen LogP contribution in [-0.4, -0.2) is 17.6 Å². The van der Waals surface area contributed by atoms with Gasteiger partial charge in [-0.25, -0.2) is 14.2 Å². The molecule has 1 atom stereocenters. The van der Waals surface area contributed by atoms with E-state index in [1.807, 2.05) is 42.5 Å². The molecule has 2 heterocycles. The Morgan fingerprint density at radius 3 is 2.37 bits per heavy atom. The molecular weight excluding hydrogens is 343 g/mol. The fourth-order valence-corrected chi connectivity index (χ4v) is 2.37. The third-order valence-corrected chi connectivity index (χ3v) is 3.72. The van der Waals surface area contributed by atoms with Crippen molar-refractivity contribution in [2.24, 2.45) is 0 Å². The Labute approximate surface area is 157 Å². The molecule has 2 aromatic carbocycles. The van der Waals surface area contributed by atoms with Gasteiger partial charge in [-0.1, -0.05) is 54.5 Å². The number of amides is 1. The number of aromatic nitrogens is 1. The van der Waals surface area contributed by atoms with Crippen molar-refractivity contribution in [2.75, 3.05) is 6.54 Å². The van der Waals surface area contributed by atoms with Crippen molar-refractivity contribution in [1.29, 1.82) is 0 Å². The van der Waals surface area contributed by atoms with Gasteiger partial charge in [0.2, 0.25) is 0 Å². The van der Waals surface area contributed by atoms with Gasteiger partial charge < -0.3 is 10.1 Å². The minimum absolute atomic E-state index is 0.112. The Bertz CT molecular complexity index is 950. The van der Waals surface area contributed by atoms with E-state index in [4.69, 9.17) is 4.74 Å². The first-order valence-electron chi connectivity index (χ1n) is 8.39. The van der Waals surface area contributed by atoms with E-state index in [0.29, 0.717) is 17.8 Å². The summed E-state index contributed by atoms with van der Waals surface area (Å²) in [5.74, 6) is 5.24. The molecule has 0 saturated carbocycles. The standard InChI is InChI=1S/C13H8FN.C9H9NO2/c14-13-7-2-1-5-11(13)8-9-12-6-3-4-10-15-12;11-9-10-6-8(12-9)7-4-2-1-3-5-7/h1-7,10H;1-5,8H,6H2,(H,10,11)/t;8-/m.1/s1. The number of hydrogen-bond acceptors (Lipinski definition) is 3. The summed E-state index contributed by atoms with van der Waals surface area (Å²) >= 11 is 0. The molecule has 4 nitrogen and oxygen atoms in total. The van der Waals surface area contributed by atoms with Gasteiger partial charge in [-0.05, 0) is 35.7 Å². The lowest BCUT2D eigenvalue weighted by Gasteiger charge is -2.06. The minimum atomic E-state index is -0.330. The maximum Gasteiger partial charge on any atom is 0.407 e. The molecular formula is C22H17FN2O2. The molecule has 0 unspecified atom stereocenters. The van der Waals surface area contributed by atoms with Gasteiger partial charge in [-0.3, -0.25) is 0 Å². The minimum Gasteiger partial charge on any atom is -0.439 e. The number of cyclic esters (lactones) is 1. The number of carbonyl (C=O) groups is 1. The summed E-state index contributed by atoms with van der Waals surface area (Å²) in [4.78, 5) is 14.7. The van der Waals surface area contributed by atoms with E-state index in [9.17, 15) is 9.18 Å². The monoisotopic (exact) mass is 360 g/mol. The first-order chi connectivity index (χ1) is 13.2. The topological polar surface area (TPSA) is 51.2 Å². The van der Waals surface area contributed by atoms with Gasteiger partial charge >= 0.3 is 6.09 Å². The second-order valence-corrected chi connectivity index (χ2v) is 5.63. The molecule has 1 aliphatic heterocycles. The van der Waals surface area contributed by atoms with Crippen LogP contribution in [0.5, 0.6) is 0 Å². The van der Waals surface area contributed by atoms with Crippen molar-refractivity contribution in [3.8, 4) is 11.8 Å². The Hall–Kier alpha value is -3.65. The van der Waals surface area contributed by atoms with E-state index in [1.165, 1.54) is 6.07 Å². The van der Waals surface area contributed by atoms with Gasteiger partial charge in [-0.15, -0.1) is 0 Å². The molecule has 3 aromatic rings. The first kappa shape index (κ1) is 18.2. The van der Waals surface area contributed by atoms with Crippen LogP contribution in [-0.2, 0) is 4.74 Å². The molecule has 1 aliphatic rings. The average Bonchev–Trinajstić information content (AvgIpc) is 3.16. The van der Waals surface area contributed by atoms with E-state index in [1.54, 1.807) is 30.5 Å². The van der Waals surface area contributed by atoms with Crippen LogP contribution in [0, 0.1) is 17.7 Å². The quantitative estimate of drug-likeness (QED) is 0.665. The van der Waals surface area contributed by atoms with Gasteiger partial charge in [0.05, 0.1) is 12.1 Å². The van der Waals surface area contributed by atoms with Crippen molar-refractivity contribution in [1.82, 2.24) is 10.3 Å². The van der Waals surface area contributed by atoms with E-state index < -0.39 is 0 Å². The summed E-state index contributed by atoms with van der Waals surface area (Å²) in [6, 6.07) is 21.6. The highest BCUT2D eigenvalue weighted by Crippen LogP contribution is 2.19. The number of ether oxygens (including phenoxy) is 1. The Kier molecular flexibility index (Phi) is 6.16. The highest BCUT2D eigenvalue weighted by molar-refractivity contribution is 5.69. The van der Waals surface area contributed by atoms with Crippen LogP contribution < -0.4 is 5.32 Å². The number of nitrogens with zero attached hydrogens (tertiary/aromatic N) is 1. The summed E-state index contributed by atoms with van der Waals surface area (Å²) in [6.07, 6.45) is 1.22. The maximum atomic E-state index is 13.2. The summed E-state index contributed by atoms with van der Waals surface area (Å²) < 4.78 is 18.2. The fraction of sp³-hybridized carbons (Fsp3) is 0.0909. The smallest absolute Gasteiger partial charge is 0.407 e. The molecule has 1 saturated heterocycles. The van der Waals surface area contributed by atoms with Crippen LogP contribution in [0.25, 0.3) is 0 Å². The number of carbonyl (C=O) groups excluding carboxylic acids is 1. The highest BCUT2D eigenvalue weighted by atomic mass is 19.1. The molecule has 1 amide bonds. The lowest BCUT2D eigenvalue weighted by molar-refractivity contribution is 0.141. The number of benzene rings is 2. The lowest BCUT2D eigenvalue weighted by atomic mass is 10.1. The number of rotatable bonds is 1. The second kappa shape index (κ2) is 9.16. The summed E-state index contributed by atoms with van der Waals surface area (Å²) in [7, 11) is 0. The molecule has 4 rings (SSSR count). The fourth-order valence-electron chi connectivity index (χ4n) is 2.37. The Morgan fingerprint density at radius 1 is 0.963 bits per heavy atom. The second-order valence-electron chi connectivity index (χ2n) is 5.63. The van der Waals surface area contributed by atoms with Gasteiger partial charge in [0, 0.05) is 6.20 Å². The van der Waals surface area contributed by atoms with Crippen molar-refractivity contribution >= 4 is 6.09 Å². The van der Waals surface area contributed by atoms with Crippen LogP contribution in [0.1, 0.15) is 22.9 Å². The van der Waals surface area contributed by atoms with Crippen LogP contribution in [0.2, 0.25) is 0 Å².